The maximum atomic E-state index is 13.1. The Morgan fingerprint density at radius 3 is 0.487 bits per heavy atom. The predicted octanol–water partition coefficient (Wildman–Crippen LogP) is -1.96. The third kappa shape index (κ3) is 30.8. The van der Waals surface area contributed by atoms with Gasteiger partial charge < -0.3 is 108 Å². The lowest BCUT2D eigenvalue weighted by molar-refractivity contribution is -0.208. The molecular weight excluding hydrogens is 1430 g/mol. The quantitative estimate of drug-likeness (QED) is 0.0325. The predicted molar refractivity (Wildman–Crippen MR) is 211 cm³/mol. The highest BCUT2D eigenvalue weighted by molar-refractivity contribution is 7.72. The van der Waals surface area contributed by atoms with E-state index >= 15 is 0 Å². The Balaban J connectivity index is 4.32. The van der Waals surface area contributed by atoms with Crippen molar-refractivity contribution in [3.63, 3.8) is 0 Å². The van der Waals surface area contributed by atoms with E-state index in [-0.39, 0.29) is 0 Å². The Hall–Kier alpha value is 2.16. The van der Waals surface area contributed by atoms with Gasteiger partial charge in [-0.05, 0) is 0 Å². The van der Waals surface area contributed by atoms with Gasteiger partial charge in [-0.25, -0.2) is 73.0 Å². The summed E-state index contributed by atoms with van der Waals surface area (Å²) in [6.07, 6.45) is -24.9. The van der Waals surface area contributed by atoms with Crippen LogP contribution in [0.15, 0.2) is 0 Å². The lowest BCUT2D eigenvalue weighted by Crippen LogP contribution is -2.65. The minimum Gasteiger partial charge on any atom is -0.387 e. The second-order valence-corrected chi connectivity index (χ2v) is 35.7. The third-order valence-corrected chi connectivity index (χ3v) is 27.5. The molecule has 54 nitrogen and oxygen atoms in total. The first kappa shape index (κ1) is 76.2. The van der Waals surface area contributed by atoms with Crippen LogP contribution in [0.25, 0.3) is 0 Å². The first-order valence-corrected chi connectivity index (χ1v) is 39.6. The molecule has 70 heteroatoms. The second kappa shape index (κ2) is 25.6. The molecule has 0 spiro atoms. The van der Waals surface area contributed by atoms with Crippen molar-refractivity contribution in [3.8, 4) is 0 Å². The Morgan fingerprint density at radius 1 is 0.184 bits per heavy atom. The zero-order chi connectivity index (χ0) is 60.8. The number of aliphatic hydroxyl groups excluding tert-OH is 2. The first-order chi connectivity index (χ1) is 32.7. The molecular formula is C6H28O54P16. The molecule has 0 radical (unpaired) electrons. The van der Waals surface area contributed by atoms with Crippen LogP contribution in [-0.2, 0) is 143 Å². The van der Waals surface area contributed by atoms with Gasteiger partial charge >= 0.3 is 125 Å². The fourth-order valence-corrected chi connectivity index (χ4v) is 22.6. The number of hydrogen-bond acceptors (Lipinski definition) is 34. The third-order valence-electron chi connectivity index (χ3n) is 5.50. The summed E-state index contributed by atoms with van der Waals surface area (Å²) in [5.74, 6) is 0. The van der Waals surface area contributed by atoms with E-state index in [1.165, 1.54) is 0 Å². The summed E-state index contributed by atoms with van der Waals surface area (Å²) in [4.78, 5) is 187. The molecule has 0 bridgehead atoms. The van der Waals surface area contributed by atoms with Crippen molar-refractivity contribution in [2.75, 3.05) is 0 Å². The van der Waals surface area contributed by atoms with Gasteiger partial charge in [-0.15, -0.1) is 0 Å². The molecule has 1 saturated carbocycles. The van der Waals surface area contributed by atoms with Crippen molar-refractivity contribution < 1.29 is 251 Å². The van der Waals surface area contributed by atoms with Crippen LogP contribution in [0, 0.1) is 0 Å². The number of hydrogen-bond donors (Lipinski definition) is 22. The highest BCUT2D eigenvalue weighted by atomic mass is 31.3. The highest BCUT2D eigenvalue weighted by Crippen LogP contribution is 2.76. The van der Waals surface area contributed by atoms with Gasteiger partial charge in [0.05, 0.1) is 0 Å². The molecule has 1 fully saturated rings. The second-order valence-electron chi connectivity index (χ2n) is 11.8. The van der Waals surface area contributed by atoms with Crippen LogP contribution >= 0.6 is 125 Å². The average molecular weight is 1460 g/mol. The van der Waals surface area contributed by atoms with E-state index in [0.29, 0.717) is 0 Å². The first-order valence-electron chi connectivity index (χ1n) is 15.5. The van der Waals surface area contributed by atoms with Crippen molar-refractivity contribution in [1.82, 2.24) is 0 Å². The van der Waals surface area contributed by atoms with Crippen LogP contribution in [0.4, 0.5) is 0 Å². The van der Waals surface area contributed by atoms with Gasteiger partial charge in [0.2, 0.25) is 0 Å². The van der Waals surface area contributed by atoms with Crippen molar-refractivity contribution in [2.24, 2.45) is 0 Å². The van der Waals surface area contributed by atoms with Gasteiger partial charge in [-0.1, -0.05) is 0 Å². The number of phosphoric acid groups is 16. The number of rotatable bonds is 32. The van der Waals surface area contributed by atoms with E-state index in [2.05, 4.69) is 69.8 Å². The summed E-state index contributed by atoms with van der Waals surface area (Å²) in [5.41, 5.74) is 0. The van der Waals surface area contributed by atoms with E-state index in [4.69, 9.17) is 39.1 Å². The molecule has 0 aliphatic heterocycles. The molecule has 76 heavy (non-hydrogen) atoms. The Kier molecular flexibility index (Phi) is 25.7. The minimum absolute atomic E-state index is 3.05. The smallest absolute Gasteiger partial charge is 0.387 e. The molecule has 0 heterocycles. The largest absolute Gasteiger partial charge is 0.490 e. The van der Waals surface area contributed by atoms with Crippen LogP contribution in [0.5, 0.6) is 0 Å². The highest BCUT2D eigenvalue weighted by Gasteiger charge is 2.62. The molecule has 1 rings (SSSR count). The van der Waals surface area contributed by atoms with Gasteiger partial charge in [-0.3, -0.25) is 18.1 Å². The molecule has 0 aromatic carbocycles. The summed E-state index contributed by atoms with van der Waals surface area (Å²) in [7, 11) is -111. The number of phosphoric ester groups is 4. The van der Waals surface area contributed by atoms with E-state index in [0.717, 1.165) is 0 Å². The molecule has 16 unspecified atom stereocenters. The fourth-order valence-electron chi connectivity index (χ4n) is 4.03. The molecule has 1 aliphatic rings. The molecule has 1 aliphatic carbocycles. The molecule has 22 N–H and O–H groups in total. The van der Waals surface area contributed by atoms with Crippen molar-refractivity contribution in [3.05, 3.63) is 0 Å². The van der Waals surface area contributed by atoms with E-state index < -0.39 is 162 Å². The molecule has 0 aromatic heterocycles. The van der Waals surface area contributed by atoms with Crippen molar-refractivity contribution in [1.29, 1.82) is 0 Å². The Bertz CT molecular complexity index is 2810. The maximum Gasteiger partial charge on any atom is 0.490 e. The van der Waals surface area contributed by atoms with Crippen molar-refractivity contribution in [2.45, 2.75) is 36.6 Å². The molecule has 0 amide bonds. The normalized spacial score (nSPS) is 30.0. The summed E-state index contributed by atoms with van der Waals surface area (Å²) < 4.78 is 247. The summed E-state index contributed by atoms with van der Waals surface area (Å²) >= 11 is 0. The van der Waals surface area contributed by atoms with Crippen LogP contribution in [0.3, 0.4) is 0 Å². The molecule has 0 aromatic rings. The van der Waals surface area contributed by atoms with Crippen LogP contribution in [0.1, 0.15) is 0 Å². The monoisotopic (exact) mass is 1460 g/mol. The lowest BCUT2D eigenvalue weighted by Gasteiger charge is -2.46. The van der Waals surface area contributed by atoms with E-state index in [1.807, 2.05) is 0 Å². The summed E-state index contributed by atoms with van der Waals surface area (Å²) in [5, 5.41) is 22.2. The van der Waals surface area contributed by atoms with Gasteiger partial charge in [0.15, 0.2) is 0 Å². The molecule has 456 valence electrons. The molecule has 0 saturated heterocycles. The van der Waals surface area contributed by atoms with Gasteiger partial charge in [-0.2, -0.15) is 51.7 Å². The zero-order valence-corrected chi connectivity index (χ0v) is 47.8. The number of aliphatic hydroxyl groups is 2. The van der Waals surface area contributed by atoms with E-state index in [1.54, 1.807) is 0 Å². The Morgan fingerprint density at radius 2 is 0.316 bits per heavy atom. The topological polar surface area (TPSA) is 866 Å². The standard InChI is InChI=1S/C6H28O54P16/c7-1-3(45-65(21,22)53-73(37,38)57-69(29,30)49-61(9,10)11)2(8)5(47-67(25,26)55-75(41,42)59-71(33,34)51-63(15,16)17)6(48-68(27,28)56-76(43,44)60-72(35,36)52-64(18,19)20)4(1)46-66(23,24)54-74(39,40)58-70(31,32)50-62(12,13)14/h1-8H,(H,21,22)(H,23,24)(H,25,26)(H,27,28)(H,29,30)(H,31,32)(H,33,34)(H,35,36)(H,37,38)(H,39,40)(H,41,42)(H,43,44)(H2,9,10,11)(H2,12,13,14)(H2,15,16,17)(H2,18,19,20). The fraction of sp³-hybridized carbons (Fsp3) is 1.00. The van der Waals surface area contributed by atoms with E-state index in [9.17, 15) is 142 Å². The minimum atomic E-state index is -7.46. The summed E-state index contributed by atoms with van der Waals surface area (Å²) in [6.45, 7) is 0. The summed E-state index contributed by atoms with van der Waals surface area (Å²) in [6, 6.07) is 0. The molecule has 16 atom stereocenters. The van der Waals surface area contributed by atoms with Crippen LogP contribution in [0.2, 0.25) is 0 Å². The van der Waals surface area contributed by atoms with Crippen molar-refractivity contribution >= 4 is 125 Å². The van der Waals surface area contributed by atoms with Gasteiger partial charge in [0, 0.05) is 0 Å². The zero-order valence-electron chi connectivity index (χ0n) is 33.5. The van der Waals surface area contributed by atoms with Crippen LogP contribution in [-0.4, -0.2) is 145 Å². The van der Waals surface area contributed by atoms with Gasteiger partial charge in [0.25, 0.3) is 0 Å². The average Bonchev–Trinajstić information content (AvgIpc) is 2.97. The maximum absolute atomic E-state index is 13.1. The SMILES string of the molecule is O=P(O)(O)OP(=O)(O)OP(=O)(O)OP(=O)(O)OC1C(O)C(OP(=O)(O)OP(=O)(O)OP(=O)(O)OP(=O)(O)O)C(OP(=O)(O)OP(=O)(O)OP(=O)(O)OP(=O)(O)O)C(OP(=O)(O)OP(=O)(O)OP(=O)(O)OP(=O)(O)O)C1O. The Labute approximate surface area is 412 Å². The van der Waals surface area contributed by atoms with Crippen LogP contribution < -0.4 is 0 Å². The lowest BCUT2D eigenvalue weighted by atomic mass is 9.85. The van der Waals surface area contributed by atoms with Gasteiger partial charge in [0.1, 0.15) is 36.6 Å².